The first-order chi connectivity index (χ1) is 12.8. The second-order valence-electron chi connectivity index (χ2n) is 5.88. The minimum absolute atomic E-state index is 0.319. The Morgan fingerprint density at radius 1 is 1.19 bits per heavy atom. The van der Waals surface area contributed by atoms with Gasteiger partial charge in [-0.15, -0.1) is 11.3 Å². The first kappa shape index (κ1) is 20.4. The van der Waals surface area contributed by atoms with Crippen molar-refractivity contribution >= 4 is 40.3 Å². The molecular formula is C20H21NO5S. The van der Waals surface area contributed by atoms with Crippen molar-refractivity contribution in [3.63, 3.8) is 0 Å². The van der Waals surface area contributed by atoms with Crippen molar-refractivity contribution in [1.29, 1.82) is 0 Å². The number of methoxy groups -OCH3 is 1. The van der Waals surface area contributed by atoms with E-state index in [1.807, 2.05) is 38.1 Å². The summed E-state index contributed by atoms with van der Waals surface area (Å²) in [6.07, 6.45) is 2.88. The van der Waals surface area contributed by atoms with Crippen molar-refractivity contribution in [2.24, 2.45) is 0 Å². The Morgan fingerprint density at radius 3 is 2.59 bits per heavy atom. The second kappa shape index (κ2) is 9.14. The number of rotatable bonds is 6. The Bertz CT molecular complexity index is 898. The zero-order valence-electron chi connectivity index (χ0n) is 15.6. The molecule has 7 heteroatoms. The normalized spacial score (nSPS) is 10.7. The molecule has 6 nitrogen and oxygen atoms in total. The second-order valence-corrected chi connectivity index (χ2v) is 7.11. The van der Waals surface area contributed by atoms with E-state index in [0.29, 0.717) is 10.6 Å². The van der Waals surface area contributed by atoms with Gasteiger partial charge in [-0.05, 0) is 38.0 Å². The van der Waals surface area contributed by atoms with Crippen LogP contribution in [0.15, 0.2) is 30.3 Å². The maximum Gasteiger partial charge on any atom is 0.341 e. The van der Waals surface area contributed by atoms with Gasteiger partial charge in [0.25, 0.3) is 5.91 Å². The van der Waals surface area contributed by atoms with Gasteiger partial charge in [0.2, 0.25) is 0 Å². The fraction of sp³-hybridized carbons (Fsp3) is 0.250. The minimum atomic E-state index is -0.626. The van der Waals surface area contributed by atoms with E-state index < -0.39 is 24.5 Å². The maximum absolute atomic E-state index is 12.1. The molecule has 2 rings (SSSR count). The van der Waals surface area contributed by atoms with Gasteiger partial charge in [-0.2, -0.15) is 0 Å². The lowest BCUT2D eigenvalue weighted by Gasteiger charge is -2.06. The summed E-state index contributed by atoms with van der Waals surface area (Å²) in [7, 11) is 1.28. The summed E-state index contributed by atoms with van der Waals surface area (Å²) >= 11 is 1.27. The van der Waals surface area contributed by atoms with Gasteiger partial charge >= 0.3 is 11.9 Å². The standard InChI is InChI=1S/C20H21NO5S/c1-12-6-5-7-15(10-12)8-9-17(23)26-11-16(22)21-19-18(20(24)25-4)13(2)14(3)27-19/h5-10H,11H2,1-4H3,(H,21,22)/b9-8+. The predicted octanol–water partition coefficient (Wildman–Crippen LogP) is 3.66. The Morgan fingerprint density at radius 2 is 1.93 bits per heavy atom. The molecule has 0 saturated carbocycles. The monoisotopic (exact) mass is 387 g/mol. The molecule has 0 saturated heterocycles. The highest BCUT2D eigenvalue weighted by molar-refractivity contribution is 7.16. The van der Waals surface area contributed by atoms with Gasteiger partial charge in [0.1, 0.15) is 5.00 Å². The Balaban J connectivity index is 1.94. The van der Waals surface area contributed by atoms with E-state index in [-0.39, 0.29) is 0 Å². The lowest BCUT2D eigenvalue weighted by molar-refractivity contribution is -0.142. The number of hydrogen-bond donors (Lipinski definition) is 1. The van der Waals surface area contributed by atoms with Crippen molar-refractivity contribution in [2.75, 3.05) is 19.0 Å². The third kappa shape index (κ3) is 5.52. The van der Waals surface area contributed by atoms with Crippen LogP contribution in [-0.2, 0) is 19.1 Å². The summed E-state index contributed by atoms with van der Waals surface area (Å²) in [6, 6.07) is 7.62. The van der Waals surface area contributed by atoms with Gasteiger partial charge in [-0.25, -0.2) is 9.59 Å². The Kier molecular flexibility index (Phi) is 6.90. The summed E-state index contributed by atoms with van der Waals surface area (Å²) in [4.78, 5) is 36.6. The van der Waals surface area contributed by atoms with E-state index in [4.69, 9.17) is 9.47 Å². The smallest absolute Gasteiger partial charge is 0.341 e. The van der Waals surface area contributed by atoms with Crippen molar-refractivity contribution in [3.8, 4) is 0 Å². The molecule has 0 bridgehead atoms. The molecule has 2 aromatic rings. The molecule has 1 aromatic heterocycles. The van der Waals surface area contributed by atoms with E-state index in [0.717, 1.165) is 21.6 Å². The van der Waals surface area contributed by atoms with Crippen molar-refractivity contribution < 1.29 is 23.9 Å². The largest absolute Gasteiger partial charge is 0.465 e. The fourth-order valence-electron chi connectivity index (χ4n) is 2.35. The number of esters is 2. The van der Waals surface area contributed by atoms with Crippen LogP contribution in [0.25, 0.3) is 6.08 Å². The number of benzene rings is 1. The first-order valence-corrected chi connectivity index (χ1v) is 9.03. The number of anilines is 1. The molecule has 0 unspecified atom stereocenters. The highest BCUT2D eigenvalue weighted by Crippen LogP contribution is 2.32. The molecule has 0 aliphatic carbocycles. The number of carbonyl (C=O) groups is 3. The molecular weight excluding hydrogens is 366 g/mol. The topological polar surface area (TPSA) is 81.7 Å². The van der Waals surface area contributed by atoms with Gasteiger partial charge in [-0.1, -0.05) is 29.8 Å². The lowest BCUT2D eigenvalue weighted by atomic mass is 10.1. The summed E-state index contributed by atoms with van der Waals surface area (Å²) < 4.78 is 9.70. The molecule has 0 aliphatic rings. The molecule has 0 atom stereocenters. The summed E-state index contributed by atoms with van der Waals surface area (Å²) in [5.74, 6) is -1.68. The van der Waals surface area contributed by atoms with Gasteiger partial charge in [-0.3, -0.25) is 4.79 Å². The van der Waals surface area contributed by atoms with E-state index >= 15 is 0 Å². The zero-order chi connectivity index (χ0) is 20.0. The van der Waals surface area contributed by atoms with Crippen molar-refractivity contribution in [3.05, 3.63) is 57.5 Å². The van der Waals surface area contributed by atoms with Crippen molar-refractivity contribution in [1.82, 2.24) is 0 Å². The first-order valence-electron chi connectivity index (χ1n) is 8.21. The van der Waals surface area contributed by atoms with Crippen LogP contribution in [0.2, 0.25) is 0 Å². The highest BCUT2D eigenvalue weighted by atomic mass is 32.1. The number of nitrogens with one attached hydrogen (secondary N) is 1. The molecule has 1 N–H and O–H groups in total. The van der Waals surface area contributed by atoms with Crippen LogP contribution in [0.5, 0.6) is 0 Å². The zero-order valence-corrected chi connectivity index (χ0v) is 16.4. The average molecular weight is 387 g/mol. The molecule has 1 aromatic carbocycles. The van der Waals surface area contributed by atoms with E-state index in [9.17, 15) is 14.4 Å². The number of hydrogen-bond acceptors (Lipinski definition) is 6. The fourth-order valence-corrected chi connectivity index (χ4v) is 3.41. The number of aryl methyl sites for hydroxylation is 2. The van der Waals surface area contributed by atoms with Crippen LogP contribution in [0.4, 0.5) is 5.00 Å². The Hall–Kier alpha value is -2.93. The van der Waals surface area contributed by atoms with Crippen LogP contribution in [0, 0.1) is 20.8 Å². The maximum atomic E-state index is 12.1. The van der Waals surface area contributed by atoms with E-state index in [1.54, 1.807) is 13.0 Å². The summed E-state index contributed by atoms with van der Waals surface area (Å²) in [5.41, 5.74) is 3.01. The highest BCUT2D eigenvalue weighted by Gasteiger charge is 2.21. The van der Waals surface area contributed by atoms with Gasteiger partial charge < -0.3 is 14.8 Å². The van der Waals surface area contributed by atoms with Gasteiger partial charge in [0.15, 0.2) is 6.61 Å². The molecule has 142 valence electrons. The molecule has 0 aliphatic heterocycles. The quantitative estimate of drug-likeness (QED) is 0.604. The van der Waals surface area contributed by atoms with Crippen LogP contribution in [0.3, 0.4) is 0 Å². The average Bonchev–Trinajstić information content (AvgIpc) is 2.91. The van der Waals surface area contributed by atoms with Crippen molar-refractivity contribution in [2.45, 2.75) is 20.8 Å². The van der Waals surface area contributed by atoms with Crippen LogP contribution >= 0.6 is 11.3 Å². The van der Waals surface area contributed by atoms with Crippen LogP contribution < -0.4 is 5.32 Å². The molecule has 0 radical (unpaired) electrons. The predicted molar refractivity (Wildman–Crippen MR) is 105 cm³/mol. The van der Waals surface area contributed by atoms with Gasteiger partial charge in [0, 0.05) is 11.0 Å². The number of ether oxygens (including phenoxy) is 2. The van der Waals surface area contributed by atoms with E-state index in [2.05, 4.69) is 5.32 Å². The Labute approximate surface area is 161 Å². The molecule has 27 heavy (non-hydrogen) atoms. The molecule has 1 amide bonds. The van der Waals surface area contributed by atoms with Gasteiger partial charge in [0.05, 0.1) is 12.7 Å². The lowest BCUT2D eigenvalue weighted by Crippen LogP contribution is -2.21. The third-order valence-corrected chi connectivity index (χ3v) is 4.95. The minimum Gasteiger partial charge on any atom is -0.465 e. The third-order valence-electron chi connectivity index (χ3n) is 3.83. The van der Waals surface area contributed by atoms with Crippen LogP contribution in [0.1, 0.15) is 31.9 Å². The van der Waals surface area contributed by atoms with Crippen LogP contribution in [-0.4, -0.2) is 31.6 Å². The number of thiophene rings is 1. The molecule has 0 fully saturated rings. The van der Waals surface area contributed by atoms with E-state index in [1.165, 1.54) is 24.5 Å². The number of amides is 1. The molecule has 1 heterocycles. The summed E-state index contributed by atoms with van der Waals surface area (Å²) in [6.45, 7) is 5.13. The SMILES string of the molecule is COC(=O)c1c(NC(=O)COC(=O)/C=C/c2cccc(C)c2)sc(C)c1C. The molecule has 0 spiro atoms. The number of carbonyl (C=O) groups excluding carboxylic acids is 3. The summed E-state index contributed by atoms with van der Waals surface area (Å²) in [5, 5.41) is 2.98.